The monoisotopic (exact) mass is 244 g/mol. The summed E-state index contributed by atoms with van der Waals surface area (Å²) in [5.74, 6) is 0.843. The van der Waals surface area contributed by atoms with Gasteiger partial charge in [0.1, 0.15) is 0 Å². The van der Waals surface area contributed by atoms with Crippen molar-refractivity contribution >= 4 is 23.1 Å². The summed E-state index contributed by atoms with van der Waals surface area (Å²) in [5.41, 5.74) is 2.22. The summed E-state index contributed by atoms with van der Waals surface area (Å²) in [6.07, 6.45) is 0.760. The zero-order chi connectivity index (χ0) is 13.3. The second kappa shape index (κ2) is 4.72. The van der Waals surface area contributed by atoms with Gasteiger partial charge in [0.15, 0.2) is 17.9 Å². The van der Waals surface area contributed by atoms with Crippen molar-refractivity contribution in [1.82, 2.24) is 9.55 Å². The maximum atomic E-state index is 11.3. The summed E-state index contributed by atoms with van der Waals surface area (Å²) >= 11 is 0. The number of nitrogens with zero attached hydrogens (tertiary/aromatic N) is 2. The molecular formula is C14H16N2O2. The minimum atomic E-state index is 0.00274. The predicted molar refractivity (Wildman–Crippen MR) is 70.0 cm³/mol. The largest absolute Gasteiger partial charge is 0.321 e. The van der Waals surface area contributed by atoms with Gasteiger partial charge in [-0.1, -0.05) is 13.8 Å². The fraction of sp³-hybridized carbons (Fsp3) is 0.357. The highest BCUT2D eigenvalue weighted by Crippen LogP contribution is 2.19. The Morgan fingerprint density at radius 2 is 2.17 bits per heavy atom. The Balaban J connectivity index is 2.62. The van der Waals surface area contributed by atoms with Gasteiger partial charge in [-0.3, -0.25) is 9.59 Å². The van der Waals surface area contributed by atoms with Crippen molar-refractivity contribution in [2.75, 3.05) is 0 Å². The Hall–Kier alpha value is -1.97. The van der Waals surface area contributed by atoms with Crippen LogP contribution in [0.5, 0.6) is 0 Å². The number of carbonyl (C=O) groups excluding carboxylic acids is 2. The molecule has 0 aliphatic carbocycles. The molecule has 0 aliphatic heterocycles. The van der Waals surface area contributed by atoms with Crippen molar-refractivity contribution in [1.29, 1.82) is 0 Å². The molecule has 2 rings (SSSR count). The maximum absolute atomic E-state index is 11.3. The molecule has 0 unspecified atom stereocenters. The van der Waals surface area contributed by atoms with Gasteiger partial charge < -0.3 is 4.57 Å². The summed E-state index contributed by atoms with van der Waals surface area (Å²) in [6.45, 7) is 6.44. The van der Waals surface area contributed by atoms with Crippen LogP contribution in [0.2, 0.25) is 0 Å². The van der Waals surface area contributed by atoms with Crippen LogP contribution in [0.3, 0.4) is 0 Å². The first-order valence-electron chi connectivity index (χ1n) is 5.99. The molecule has 0 bridgehead atoms. The number of hydrogen-bond donors (Lipinski definition) is 0. The van der Waals surface area contributed by atoms with Gasteiger partial charge in [0, 0.05) is 12.1 Å². The number of fused-ring (bicyclic) bond motifs is 1. The van der Waals surface area contributed by atoms with Gasteiger partial charge in [0.2, 0.25) is 0 Å². The zero-order valence-electron chi connectivity index (χ0n) is 10.8. The van der Waals surface area contributed by atoms with Crippen LogP contribution in [-0.2, 0) is 6.54 Å². The highest BCUT2D eigenvalue weighted by atomic mass is 16.1. The van der Waals surface area contributed by atoms with E-state index in [1.807, 2.05) is 10.6 Å². The third kappa shape index (κ3) is 2.18. The van der Waals surface area contributed by atoms with Gasteiger partial charge >= 0.3 is 0 Å². The van der Waals surface area contributed by atoms with Crippen LogP contribution in [-0.4, -0.2) is 21.6 Å². The van der Waals surface area contributed by atoms with Crippen molar-refractivity contribution in [3.05, 3.63) is 29.6 Å². The van der Waals surface area contributed by atoms with Crippen LogP contribution in [0, 0.1) is 5.92 Å². The number of aldehydes is 1. The minimum absolute atomic E-state index is 0.00274. The van der Waals surface area contributed by atoms with Gasteiger partial charge in [-0.2, -0.15) is 0 Å². The SMILES string of the molecule is CC(=O)c1ccc2c(c1)nc(C=O)n2CC(C)C. The van der Waals surface area contributed by atoms with Crippen molar-refractivity contribution in [3.63, 3.8) is 0 Å². The quantitative estimate of drug-likeness (QED) is 0.613. The van der Waals surface area contributed by atoms with Crippen molar-refractivity contribution < 1.29 is 9.59 Å². The Morgan fingerprint density at radius 3 is 2.72 bits per heavy atom. The molecule has 4 nitrogen and oxygen atoms in total. The number of hydrogen-bond acceptors (Lipinski definition) is 3. The van der Waals surface area contributed by atoms with Crippen LogP contribution >= 0.6 is 0 Å². The van der Waals surface area contributed by atoms with Crippen molar-refractivity contribution in [2.45, 2.75) is 27.3 Å². The molecule has 0 fully saturated rings. The molecule has 1 aromatic heterocycles. The lowest BCUT2D eigenvalue weighted by Gasteiger charge is -2.08. The first-order chi connectivity index (χ1) is 8.52. The highest BCUT2D eigenvalue weighted by molar-refractivity contribution is 5.97. The molecule has 18 heavy (non-hydrogen) atoms. The van der Waals surface area contributed by atoms with E-state index in [1.54, 1.807) is 12.1 Å². The molecule has 0 aliphatic rings. The first kappa shape index (κ1) is 12.5. The van der Waals surface area contributed by atoms with Crippen LogP contribution in [0.4, 0.5) is 0 Å². The number of ketones is 1. The van der Waals surface area contributed by atoms with E-state index in [0.717, 1.165) is 18.3 Å². The van der Waals surface area contributed by atoms with Gasteiger partial charge in [0.05, 0.1) is 11.0 Å². The van der Waals surface area contributed by atoms with E-state index in [-0.39, 0.29) is 5.78 Å². The normalized spacial score (nSPS) is 11.1. The average molecular weight is 244 g/mol. The Labute approximate surface area is 106 Å². The Morgan fingerprint density at radius 1 is 1.44 bits per heavy atom. The molecule has 0 atom stereocenters. The second-order valence-electron chi connectivity index (χ2n) is 4.85. The van der Waals surface area contributed by atoms with Gasteiger partial charge in [-0.25, -0.2) is 4.98 Å². The maximum Gasteiger partial charge on any atom is 0.185 e. The lowest BCUT2D eigenvalue weighted by Crippen LogP contribution is -2.07. The van der Waals surface area contributed by atoms with E-state index in [4.69, 9.17) is 0 Å². The number of aromatic nitrogens is 2. The molecular weight excluding hydrogens is 228 g/mol. The Bertz CT molecular complexity index is 612. The van der Waals surface area contributed by atoms with Gasteiger partial charge in [-0.05, 0) is 31.0 Å². The lowest BCUT2D eigenvalue weighted by atomic mass is 10.1. The molecule has 2 aromatic rings. The first-order valence-corrected chi connectivity index (χ1v) is 5.99. The summed E-state index contributed by atoms with van der Waals surface area (Å²) < 4.78 is 1.90. The fourth-order valence-electron chi connectivity index (χ4n) is 2.01. The fourth-order valence-corrected chi connectivity index (χ4v) is 2.01. The second-order valence-corrected chi connectivity index (χ2v) is 4.85. The molecule has 0 radical (unpaired) electrons. The van der Waals surface area contributed by atoms with E-state index in [9.17, 15) is 9.59 Å². The number of benzene rings is 1. The van der Waals surface area contributed by atoms with Crippen LogP contribution < -0.4 is 0 Å². The van der Waals surface area contributed by atoms with E-state index < -0.39 is 0 Å². The molecule has 4 heteroatoms. The number of imidazole rings is 1. The van der Waals surface area contributed by atoms with Gasteiger partial charge in [0.25, 0.3) is 0 Å². The zero-order valence-corrected chi connectivity index (χ0v) is 10.8. The topological polar surface area (TPSA) is 52.0 Å². The molecule has 0 saturated heterocycles. The Kier molecular flexibility index (Phi) is 3.28. The lowest BCUT2D eigenvalue weighted by molar-refractivity contribution is 0.101. The summed E-state index contributed by atoms with van der Waals surface area (Å²) in [6, 6.07) is 5.37. The number of rotatable bonds is 4. The van der Waals surface area contributed by atoms with Gasteiger partial charge in [-0.15, -0.1) is 0 Å². The minimum Gasteiger partial charge on any atom is -0.321 e. The summed E-state index contributed by atoms with van der Waals surface area (Å²) in [5, 5.41) is 0. The summed E-state index contributed by atoms with van der Waals surface area (Å²) in [7, 11) is 0. The van der Waals surface area contributed by atoms with Crippen LogP contribution in [0.1, 0.15) is 41.7 Å². The molecule has 0 amide bonds. The van der Waals surface area contributed by atoms with Crippen LogP contribution in [0.25, 0.3) is 11.0 Å². The molecule has 0 saturated carbocycles. The standard InChI is InChI=1S/C14H16N2O2/c1-9(2)7-16-13-5-4-11(10(3)18)6-12(13)15-14(16)8-17/h4-6,8-9H,7H2,1-3H3. The summed E-state index contributed by atoms with van der Waals surface area (Å²) in [4.78, 5) is 26.6. The highest BCUT2D eigenvalue weighted by Gasteiger charge is 2.12. The molecule has 0 N–H and O–H groups in total. The van der Waals surface area contributed by atoms with E-state index in [2.05, 4.69) is 18.8 Å². The van der Waals surface area contributed by atoms with Crippen molar-refractivity contribution in [2.24, 2.45) is 5.92 Å². The average Bonchev–Trinajstić information content (AvgIpc) is 2.65. The van der Waals surface area contributed by atoms with E-state index in [1.165, 1.54) is 6.92 Å². The molecule has 94 valence electrons. The van der Waals surface area contributed by atoms with E-state index >= 15 is 0 Å². The number of Topliss-reactive ketones (excluding diaryl/α,β-unsaturated/α-hetero) is 1. The van der Waals surface area contributed by atoms with Crippen molar-refractivity contribution in [3.8, 4) is 0 Å². The van der Waals surface area contributed by atoms with E-state index in [0.29, 0.717) is 22.8 Å². The number of carbonyl (C=O) groups is 2. The molecule has 1 heterocycles. The smallest absolute Gasteiger partial charge is 0.185 e. The predicted octanol–water partition coefficient (Wildman–Crippen LogP) is 2.71. The van der Waals surface area contributed by atoms with Crippen LogP contribution in [0.15, 0.2) is 18.2 Å². The molecule has 0 spiro atoms. The third-order valence-electron chi connectivity index (χ3n) is 2.84. The molecule has 1 aromatic carbocycles. The third-order valence-corrected chi connectivity index (χ3v) is 2.84.